The minimum atomic E-state index is 0.991. The topological polar surface area (TPSA) is 25.2 Å². The Hall–Kier alpha value is -1.18. The van der Waals surface area contributed by atoms with Gasteiger partial charge in [-0.3, -0.25) is 9.98 Å². The smallest absolute Gasteiger partial charge is 0.0839 e. The number of pyridine rings is 1. The first-order chi connectivity index (χ1) is 6.77. The summed E-state index contributed by atoms with van der Waals surface area (Å²) in [5.41, 5.74) is 3.46. The molecule has 2 nitrogen and oxygen atoms in total. The van der Waals surface area contributed by atoms with Crippen LogP contribution in [0, 0.1) is 6.92 Å². The Labute approximate surface area is 87.1 Å². The van der Waals surface area contributed by atoms with E-state index in [-0.39, 0.29) is 0 Å². The molecule has 0 unspecified atom stereocenters. The number of aliphatic imine (C=N–C) groups is 1. The van der Waals surface area contributed by atoms with Crippen LogP contribution in [0.1, 0.15) is 37.6 Å². The maximum Gasteiger partial charge on any atom is 0.0839 e. The standard InChI is InChI=1S/C10H14N2.C2H6/c1-4-9-5-8(2)6-12-10(9)7-11-3;1-2/h5-7H,4H2,1-3H3;1-2H3. The average molecular weight is 192 g/mol. The number of rotatable bonds is 2. The molecule has 0 aliphatic rings. The van der Waals surface area contributed by atoms with E-state index in [9.17, 15) is 0 Å². The van der Waals surface area contributed by atoms with Crippen LogP contribution in [0.15, 0.2) is 17.3 Å². The molecule has 1 aromatic heterocycles. The van der Waals surface area contributed by atoms with Crippen LogP contribution in [0.3, 0.4) is 0 Å². The minimum absolute atomic E-state index is 0.991. The highest BCUT2D eigenvalue weighted by atomic mass is 14.7. The molecule has 0 aliphatic heterocycles. The molecule has 1 heterocycles. The highest BCUT2D eigenvalue weighted by Crippen LogP contribution is 2.06. The molecule has 14 heavy (non-hydrogen) atoms. The van der Waals surface area contributed by atoms with Crippen molar-refractivity contribution in [2.75, 3.05) is 7.05 Å². The SMILES string of the molecule is CC.CCc1cc(C)cnc1C=NC. The highest BCUT2D eigenvalue weighted by molar-refractivity contribution is 5.78. The summed E-state index contributed by atoms with van der Waals surface area (Å²) in [5, 5.41) is 0. The number of nitrogens with zero attached hydrogens (tertiary/aromatic N) is 2. The van der Waals surface area contributed by atoms with E-state index >= 15 is 0 Å². The van der Waals surface area contributed by atoms with Crippen molar-refractivity contribution in [3.8, 4) is 0 Å². The molecule has 0 amide bonds. The lowest BCUT2D eigenvalue weighted by Crippen LogP contribution is -1.96. The summed E-state index contributed by atoms with van der Waals surface area (Å²) < 4.78 is 0. The zero-order valence-corrected chi connectivity index (χ0v) is 9.83. The Morgan fingerprint density at radius 1 is 1.43 bits per heavy atom. The third kappa shape index (κ3) is 3.69. The van der Waals surface area contributed by atoms with E-state index in [1.807, 2.05) is 20.0 Å². The molecule has 0 atom stereocenters. The van der Waals surface area contributed by atoms with Gasteiger partial charge in [-0.1, -0.05) is 26.8 Å². The first-order valence-electron chi connectivity index (χ1n) is 5.15. The summed E-state index contributed by atoms with van der Waals surface area (Å²) in [4.78, 5) is 8.25. The molecule has 0 saturated heterocycles. The van der Waals surface area contributed by atoms with Crippen LogP contribution in [0.2, 0.25) is 0 Å². The second-order valence-corrected chi connectivity index (χ2v) is 2.80. The van der Waals surface area contributed by atoms with Gasteiger partial charge in [0.1, 0.15) is 0 Å². The third-order valence-electron chi connectivity index (χ3n) is 1.77. The fraction of sp³-hybridized carbons (Fsp3) is 0.500. The molecule has 1 aromatic rings. The van der Waals surface area contributed by atoms with Gasteiger partial charge in [0, 0.05) is 19.5 Å². The molecule has 0 spiro atoms. The maximum atomic E-state index is 4.29. The predicted molar refractivity (Wildman–Crippen MR) is 63.2 cm³/mol. The Morgan fingerprint density at radius 3 is 2.57 bits per heavy atom. The first kappa shape index (κ1) is 12.8. The van der Waals surface area contributed by atoms with E-state index in [4.69, 9.17) is 0 Å². The highest BCUT2D eigenvalue weighted by Gasteiger charge is 1.98. The van der Waals surface area contributed by atoms with Gasteiger partial charge in [0.2, 0.25) is 0 Å². The van der Waals surface area contributed by atoms with E-state index in [0.717, 1.165) is 12.1 Å². The van der Waals surface area contributed by atoms with Crippen LogP contribution in [-0.4, -0.2) is 18.2 Å². The largest absolute Gasteiger partial charge is 0.294 e. The predicted octanol–water partition coefficient (Wildman–Crippen LogP) is 3.03. The van der Waals surface area contributed by atoms with Crippen molar-refractivity contribution >= 4 is 6.21 Å². The Balaban J connectivity index is 0.000000791. The first-order valence-corrected chi connectivity index (χ1v) is 5.15. The van der Waals surface area contributed by atoms with Crippen molar-refractivity contribution < 1.29 is 0 Å². The van der Waals surface area contributed by atoms with Crippen LogP contribution >= 0.6 is 0 Å². The molecule has 78 valence electrons. The van der Waals surface area contributed by atoms with Crippen molar-refractivity contribution in [3.05, 3.63) is 29.1 Å². The second-order valence-electron chi connectivity index (χ2n) is 2.80. The maximum absolute atomic E-state index is 4.29. The number of hydrogen-bond acceptors (Lipinski definition) is 2. The summed E-state index contributed by atoms with van der Waals surface area (Å²) in [6, 6.07) is 2.16. The second kappa shape index (κ2) is 7.25. The summed E-state index contributed by atoms with van der Waals surface area (Å²) in [6.07, 6.45) is 4.68. The van der Waals surface area contributed by atoms with Crippen LogP contribution in [0.5, 0.6) is 0 Å². The monoisotopic (exact) mass is 192 g/mol. The lowest BCUT2D eigenvalue weighted by molar-refractivity contribution is 1.08. The fourth-order valence-electron chi connectivity index (χ4n) is 1.16. The van der Waals surface area contributed by atoms with Crippen molar-refractivity contribution in [1.82, 2.24) is 4.98 Å². The Kier molecular flexibility index (Phi) is 6.63. The van der Waals surface area contributed by atoms with Gasteiger partial charge in [-0.15, -0.1) is 0 Å². The third-order valence-corrected chi connectivity index (χ3v) is 1.77. The molecule has 0 aliphatic carbocycles. The van der Waals surface area contributed by atoms with E-state index in [1.54, 1.807) is 13.3 Å². The van der Waals surface area contributed by atoms with Crippen molar-refractivity contribution in [1.29, 1.82) is 0 Å². The van der Waals surface area contributed by atoms with Gasteiger partial charge >= 0.3 is 0 Å². The molecule has 0 fully saturated rings. The molecule has 0 N–H and O–H groups in total. The van der Waals surface area contributed by atoms with Crippen LogP contribution < -0.4 is 0 Å². The van der Waals surface area contributed by atoms with E-state index < -0.39 is 0 Å². The van der Waals surface area contributed by atoms with E-state index in [0.29, 0.717) is 0 Å². The number of aromatic nitrogens is 1. The van der Waals surface area contributed by atoms with Gasteiger partial charge in [0.15, 0.2) is 0 Å². The van der Waals surface area contributed by atoms with E-state index in [2.05, 4.69) is 29.9 Å². The average Bonchev–Trinajstić information content (AvgIpc) is 2.24. The van der Waals surface area contributed by atoms with Gasteiger partial charge in [0.05, 0.1) is 5.69 Å². The van der Waals surface area contributed by atoms with Gasteiger partial charge in [-0.25, -0.2) is 0 Å². The quantitative estimate of drug-likeness (QED) is 0.661. The van der Waals surface area contributed by atoms with Crippen molar-refractivity contribution in [3.63, 3.8) is 0 Å². The minimum Gasteiger partial charge on any atom is -0.294 e. The lowest BCUT2D eigenvalue weighted by atomic mass is 10.1. The normalized spacial score (nSPS) is 9.79. The molecular formula is C12H20N2. The van der Waals surface area contributed by atoms with Crippen LogP contribution in [0.25, 0.3) is 0 Å². The zero-order valence-electron chi connectivity index (χ0n) is 9.83. The molecule has 0 radical (unpaired) electrons. The van der Waals surface area contributed by atoms with Gasteiger partial charge in [-0.2, -0.15) is 0 Å². The Morgan fingerprint density at radius 2 is 2.07 bits per heavy atom. The number of hydrogen-bond donors (Lipinski definition) is 0. The molecule has 1 rings (SSSR count). The van der Waals surface area contributed by atoms with Crippen molar-refractivity contribution in [2.24, 2.45) is 4.99 Å². The van der Waals surface area contributed by atoms with Gasteiger partial charge in [0.25, 0.3) is 0 Å². The van der Waals surface area contributed by atoms with Crippen molar-refractivity contribution in [2.45, 2.75) is 34.1 Å². The fourth-order valence-corrected chi connectivity index (χ4v) is 1.16. The van der Waals surface area contributed by atoms with Crippen LogP contribution in [-0.2, 0) is 6.42 Å². The molecule has 0 saturated carbocycles. The molecular weight excluding hydrogens is 172 g/mol. The van der Waals surface area contributed by atoms with Crippen LogP contribution in [0.4, 0.5) is 0 Å². The molecule has 0 bridgehead atoms. The zero-order chi connectivity index (χ0) is 11.0. The summed E-state index contributed by atoms with van der Waals surface area (Å²) in [7, 11) is 1.76. The summed E-state index contributed by atoms with van der Waals surface area (Å²) >= 11 is 0. The van der Waals surface area contributed by atoms with Gasteiger partial charge in [-0.05, 0) is 24.5 Å². The summed E-state index contributed by atoms with van der Waals surface area (Å²) in [6.45, 7) is 8.18. The van der Waals surface area contributed by atoms with Gasteiger partial charge < -0.3 is 0 Å². The van der Waals surface area contributed by atoms with E-state index in [1.165, 1.54) is 11.1 Å². The number of aryl methyl sites for hydroxylation is 2. The Bertz CT molecular complexity index is 290. The lowest BCUT2D eigenvalue weighted by Gasteiger charge is -2.02. The molecule has 0 aromatic carbocycles. The summed E-state index contributed by atoms with van der Waals surface area (Å²) in [5.74, 6) is 0. The molecule has 2 heteroatoms.